The summed E-state index contributed by atoms with van der Waals surface area (Å²) in [6.45, 7) is 4.58. The van der Waals surface area contributed by atoms with Crippen molar-refractivity contribution in [1.29, 1.82) is 0 Å². The average Bonchev–Trinajstić information content (AvgIpc) is 2.73. The summed E-state index contributed by atoms with van der Waals surface area (Å²) in [5.41, 5.74) is 2.88. The lowest BCUT2D eigenvalue weighted by Crippen LogP contribution is -2.44. The van der Waals surface area contributed by atoms with E-state index < -0.39 is 0 Å². The Morgan fingerprint density at radius 1 is 0.964 bits per heavy atom. The van der Waals surface area contributed by atoms with Gasteiger partial charge >= 0.3 is 6.03 Å². The highest BCUT2D eigenvalue weighted by molar-refractivity contribution is 5.89. The molecule has 0 saturated carbocycles. The minimum Gasteiger partial charge on any atom is -0.493 e. The predicted molar refractivity (Wildman–Crippen MR) is 112 cm³/mol. The van der Waals surface area contributed by atoms with E-state index in [1.54, 1.807) is 14.2 Å². The molecule has 7 heteroatoms. The van der Waals surface area contributed by atoms with Gasteiger partial charge in [0.2, 0.25) is 0 Å². The number of benzene rings is 2. The SMILES string of the molecule is COc1ccc(CNC(=O)Nc2ccc(N3CCN(C)CC3)cc2)cc1OC. The molecule has 1 aliphatic heterocycles. The van der Waals surface area contributed by atoms with E-state index in [-0.39, 0.29) is 6.03 Å². The molecule has 2 amide bonds. The first-order valence-corrected chi connectivity index (χ1v) is 9.38. The molecule has 1 saturated heterocycles. The second-order valence-electron chi connectivity index (χ2n) is 6.83. The maximum absolute atomic E-state index is 12.2. The number of hydrogen-bond acceptors (Lipinski definition) is 5. The van der Waals surface area contributed by atoms with Crippen LogP contribution in [0, 0.1) is 0 Å². The van der Waals surface area contributed by atoms with E-state index in [4.69, 9.17) is 9.47 Å². The average molecular weight is 384 g/mol. The van der Waals surface area contributed by atoms with Crippen molar-refractivity contribution >= 4 is 17.4 Å². The summed E-state index contributed by atoms with van der Waals surface area (Å²) < 4.78 is 10.5. The first kappa shape index (κ1) is 19.8. The van der Waals surface area contributed by atoms with Gasteiger partial charge in [0.05, 0.1) is 14.2 Å². The highest BCUT2D eigenvalue weighted by Crippen LogP contribution is 2.27. The standard InChI is InChI=1S/C21H28N4O3/c1-24-10-12-25(13-11-24)18-7-5-17(6-8-18)23-21(26)22-15-16-4-9-19(27-2)20(14-16)28-3/h4-9,14H,10-13,15H2,1-3H3,(H2,22,23,26). The fourth-order valence-electron chi connectivity index (χ4n) is 3.17. The van der Waals surface area contributed by atoms with Crippen molar-refractivity contribution in [3.8, 4) is 11.5 Å². The molecule has 7 nitrogen and oxygen atoms in total. The van der Waals surface area contributed by atoms with E-state index in [0.29, 0.717) is 18.0 Å². The Bertz CT molecular complexity index is 787. The summed E-state index contributed by atoms with van der Waals surface area (Å²) in [4.78, 5) is 16.9. The number of carbonyl (C=O) groups excluding carboxylic acids is 1. The Hall–Kier alpha value is -2.93. The third kappa shape index (κ3) is 5.07. The van der Waals surface area contributed by atoms with Gasteiger partial charge in [0.25, 0.3) is 0 Å². The van der Waals surface area contributed by atoms with Crippen molar-refractivity contribution < 1.29 is 14.3 Å². The fourth-order valence-corrected chi connectivity index (χ4v) is 3.17. The minimum atomic E-state index is -0.248. The number of piperazine rings is 1. The Balaban J connectivity index is 1.51. The normalized spacial score (nSPS) is 14.5. The van der Waals surface area contributed by atoms with Crippen LogP contribution in [0.3, 0.4) is 0 Å². The zero-order valence-corrected chi connectivity index (χ0v) is 16.7. The lowest BCUT2D eigenvalue weighted by Gasteiger charge is -2.34. The topological polar surface area (TPSA) is 66.1 Å². The van der Waals surface area contributed by atoms with E-state index >= 15 is 0 Å². The molecule has 0 aromatic heterocycles. The molecule has 0 unspecified atom stereocenters. The second-order valence-corrected chi connectivity index (χ2v) is 6.83. The number of ether oxygens (including phenoxy) is 2. The highest BCUT2D eigenvalue weighted by atomic mass is 16.5. The van der Waals surface area contributed by atoms with Crippen molar-refractivity contribution in [2.24, 2.45) is 0 Å². The molecule has 1 fully saturated rings. The van der Waals surface area contributed by atoms with Crippen LogP contribution in [0.5, 0.6) is 11.5 Å². The fraction of sp³-hybridized carbons (Fsp3) is 0.381. The molecule has 2 aromatic carbocycles. The maximum Gasteiger partial charge on any atom is 0.319 e. The quantitative estimate of drug-likeness (QED) is 0.802. The zero-order chi connectivity index (χ0) is 19.9. The molecule has 3 rings (SSSR count). The number of likely N-dealkylation sites (N-methyl/N-ethyl adjacent to an activating group) is 1. The van der Waals surface area contributed by atoms with Gasteiger partial charge in [0.1, 0.15) is 0 Å². The van der Waals surface area contributed by atoms with E-state index in [1.807, 2.05) is 30.3 Å². The number of nitrogens with zero attached hydrogens (tertiary/aromatic N) is 2. The van der Waals surface area contributed by atoms with Crippen LogP contribution < -0.4 is 25.0 Å². The summed E-state index contributed by atoms with van der Waals surface area (Å²) in [5, 5.41) is 5.72. The molecule has 0 aliphatic carbocycles. The van der Waals surface area contributed by atoms with Gasteiger partial charge in [-0.15, -0.1) is 0 Å². The lowest BCUT2D eigenvalue weighted by molar-refractivity contribution is 0.251. The number of anilines is 2. The number of methoxy groups -OCH3 is 2. The first-order chi connectivity index (χ1) is 13.6. The van der Waals surface area contributed by atoms with Crippen molar-refractivity contribution in [3.63, 3.8) is 0 Å². The molecule has 0 bridgehead atoms. The summed E-state index contributed by atoms with van der Waals surface area (Å²) in [7, 11) is 5.33. The maximum atomic E-state index is 12.2. The van der Waals surface area contributed by atoms with Gasteiger partial charge in [-0.2, -0.15) is 0 Å². The molecule has 0 spiro atoms. The van der Waals surface area contributed by atoms with Gasteiger partial charge < -0.3 is 29.9 Å². The van der Waals surface area contributed by atoms with E-state index in [2.05, 4.69) is 39.6 Å². The molecule has 1 heterocycles. The molecule has 28 heavy (non-hydrogen) atoms. The number of amides is 2. The predicted octanol–water partition coefficient (Wildman–Crippen LogP) is 2.78. The Labute approximate surface area is 166 Å². The van der Waals surface area contributed by atoms with Gasteiger partial charge in [-0.05, 0) is 49.0 Å². The van der Waals surface area contributed by atoms with Crippen molar-refractivity contribution in [2.75, 3.05) is 57.7 Å². The van der Waals surface area contributed by atoms with Crippen LogP contribution >= 0.6 is 0 Å². The van der Waals surface area contributed by atoms with Crippen molar-refractivity contribution in [2.45, 2.75) is 6.54 Å². The summed E-state index contributed by atoms with van der Waals surface area (Å²) in [5.74, 6) is 1.30. The van der Waals surface area contributed by atoms with E-state index in [9.17, 15) is 4.79 Å². The van der Waals surface area contributed by atoms with Crippen LogP contribution in [0.15, 0.2) is 42.5 Å². The number of rotatable bonds is 6. The van der Waals surface area contributed by atoms with E-state index in [0.717, 1.165) is 37.4 Å². The van der Waals surface area contributed by atoms with Crippen LogP contribution in [-0.4, -0.2) is 58.4 Å². The summed E-state index contributed by atoms with van der Waals surface area (Å²) in [6.07, 6.45) is 0. The van der Waals surface area contributed by atoms with Crippen LogP contribution in [-0.2, 0) is 6.54 Å². The van der Waals surface area contributed by atoms with Gasteiger partial charge in [-0.1, -0.05) is 6.07 Å². The molecular formula is C21H28N4O3. The molecule has 150 valence electrons. The Morgan fingerprint density at radius 3 is 2.29 bits per heavy atom. The Kier molecular flexibility index (Phi) is 6.60. The molecule has 0 radical (unpaired) electrons. The zero-order valence-electron chi connectivity index (χ0n) is 16.7. The van der Waals surface area contributed by atoms with Gasteiger partial charge in [-0.25, -0.2) is 4.79 Å². The van der Waals surface area contributed by atoms with Crippen molar-refractivity contribution in [1.82, 2.24) is 10.2 Å². The minimum absolute atomic E-state index is 0.248. The molecular weight excluding hydrogens is 356 g/mol. The highest BCUT2D eigenvalue weighted by Gasteiger charge is 2.14. The lowest BCUT2D eigenvalue weighted by atomic mass is 10.2. The summed E-state index contributed by atoms with van der Waals surface area (Å²) >= 11 is 0. The summed E-state index contributed by atoms with van der Waals surface area (Å²) in [6, 6.07) is 13.3. The monoisotopic (exact) mass is 384 g/mol. The number of hydrogen-bond donors (Lipinski definition) is 2. The van der Waals surface area contributed by atoms with Crippen molar-refractivity contribution in [3.05, 3.63) is 48.0 Å². The molecule has 2 aromatic rings. The van der Waals surface area contributed by atoms with Gasteiger partial charge in [0, 0.05) is 44.1 Å². The van der Waals surface area contributed by atoms with Crippen LogP contribution in [0.4, 0.5) is 16.2 Å². The van der Waals surface area contributed by atoms with Crippen LogP contribution in [0.25, 0.3) is 0 Å². The number of nitrogens with one attached hydrogen (secondary N) is 2. The van der Waals surface area contributed by atoms with Gasteiger partial charge in [0.15, 0.2) is 11.5 Å². The third-order valence-electron chi connectivity index (χ3n) is 4.89. The van der Waals surface area contributed by atoms with E-state index in [1.165, 1.54) is 5.69 Å². The third-order valence-corrected chi connectivity index (χ3v) is 4.89. The molecule has 1 aliphatic rings. The Morgan fingerprint density at radius 2 is 1.64 bits per heavy atom. The number of carbonyl (C=O) groups is 1. The van der Waals surface area contributed by atoms with Crippen LogP contribution in [0.2, 0.25) is 0 Å². The molecule has 0 atom stereocenters. The second kappa shape index (κ2) is 9.32. The number of urea groups is 1. The first-order valence-electron chi connectivity index (χ1n) is 9.38. The smallest absolute Gasteiger partial charge is 0.319 e. The molecule has 2 N–H and O–H groups in total. The van der Waals surface area contributed by atoms with Gasteiger partial charge in [-0.3, -0.25) is 0 Å². The van der Waals surface area contributed by atoms with Crippen LogP contribution in [0.1, 0.15) is 5.56 Å². The largest absolute Gasteiger partial charge is 0.493 e.